The molecule has 5 nitrogen and oxygen atoms in total. The Bertz CT molecular complexity index is 467. The Labute approximate surface area is 118 Å². The first-order valence-corrected chi connectivity index (χ1v) is 6.32. The van der Waals surface area contributed by atoms with Crippen LogP contribution in [-0.2, 0) is 16.0 Å². The van der Waals surface area contributed by atoms with Crippen LogP contribution in [0.2, 0.25) is 0 Å². The lowest BCUT2D eigenvalue weighted by Gasteiger charge is -2.13. The van der Waals surface area contributed by atoms with Crippen molar-refractivity contribution in [3.05, 3.63) is 42.5 Å². The second kappa shape index (κ2) is 7.99. The summed E-state index contributed by atoms with van der Waals surface area (Å²) in [6.45, 7) is 3.54. The summed E-state index contributed by atoms with van der Waals surface area (Å²) in [4.78, 5) is 22.8. The molecule has 0 spiro atoms. The van der Waals surface area contributed by atoms with E-state index in [1.54, 1.807) is 37.5 Å². The molecule has 0 saturated carbocycles. The van der Waals surface area contributed by atoms with Gasteiger partial charge in [0, 0.05) is 0 Å². The summed E-state index contributed by atoms with van der Waals surface area (Å²) < 4.78 is 5.03. The van der Waals surface area contributed by atoms with Gasteiger partial charge in [-0.15, -0.1) is 6.58 Å². The highest BCUT2D eigenvalue weighted by atomic mass is 16.5. The second-order valence-corrected chi connectivity index (χ2v) is 4.35. The van der Waals surface area contributed by atoms with Gasteiger partial charge < -0.3 is 15.2 Å². The molecule has 20 heavy (non-hydrogen) atoms. The van der Waals surface area contributed by atoms with Gasteiger partial charge in [0.1, 0.15) is 11.8 Å². The number of aliphatic carboxylic acids is 1. The number of hydrogen-bond acceptors (Lipinski definition) is 3. The van der Waals surface area contributed by atoms with Gasteiger partial charge in [0.25, 0.3) is 0 Å². The lowest BCUT2D eigenvalue weighted by Crippen LogP contribution is -2.41. The van der Waals surface area contributed by atoms with E-state index in [9.17, 15) is 9.59 Å². The predicted molar refractivity (Wildman–Crippen MR) is 75.7 cm³/mol. The number of rotatable bonds is 8. The van der Waals surface area contributed by atoms with E-state index >= 15 is 0 Å². The van der Waals surface area contributed by atoms with Gasteiger partial charge in [-0.25, -0.2) is 4.79 Å². The molecule has 0 heterocycles. The van der Waals surface area contributed by atoms with Crippen molar-refractivity contribution in [2.75, 3.05) is 7.11 Å². The summed E-state index contributed by atoms with van der Waals surface area (Å²) in [6.07, 6.45) is 2.65. The smallest absolute Gasteiger partial charge is 0.326 e. The number of allylic oxidation sites excluding steroid dienone is 1. The molecular weight excluding hydrogens is 258 g/mol. The fourth-order valence-corrected chi connectivity index (χ4v) is 1.72. The average Bonchev–Trinajstić information content (AvgIpc) is 2.44. The zero-order valence-electron chi connectivity index (χ0n) is 11.5. The SMILES string of the molecule is C=CCCC(NC(=O)Cc1ccc(OC)cc1)C(=O)O. The first kappa shape index (κ1) is 15.8. The molecule has 1 atom stereocenters. The molecule has 5 heteroatoms. The van der Waals surface area contributed by atoms with Gasteiger partial charge in [-0.2, -0.15) is 0 Å². The topological polar surface area (TPSA) is 75.6 Å². The van der Waals surface area contributed by atoms with Gasteiger partial charge in [0.2, 0.25) is 5.91 Å². The molecule has 0 aliphatic carbocycles. The Morgan fingerprint density at radius 1 is 1.40 bits per heavy atom. The summed E-state index contributed by atoms with van der Waals surface area (Å²) in [5.41, 5.74) is 0.802. The third-order valence-electron chi connectivity index (χ3n) is 2.82. The number of nitrogens with one attached hydrogen (secondary N) is 1. The number of methoxy groups -OCH3 is 1. The quantitative estimate of drug-likeness (QED) is 0.710. The summed E-state index contributed by atoms with van der Waals surface area (Å²) in [6, 6.07) is 6.19. The summed E-state index contributed by atoms with van der Waals surface area (Å²) in [5, 5.41) is 11.5. The van der Waals surface area contributed by atoms with E-state index in [-0.39, 0.29) is 12.3 Å². The van der Waals surface area contributed by atoms with E-state index in [2.05, 4.69) is 11.9 Å². The molecule has 0 fully saturated rings. The summed E-state index contributed by atoms with van der Waals surface area (Å²) in [5.74, 6) is -0.634. The minimum Gasteiger partial charge on any atom is -0.497 e. The number of carbonyl (C=O) groups excluding carboxylic acids is 1. The van der Waals surface area contributed by atoms with Crippen LogP contribution in [0.4, 0.5) is 0 Å². The van der Waals surface area contributed by atoms with Gasteiger partial charge in [0.15, 0.2) is 0 Å². The third-order valence-corrected chi connectivity index (χ3v) is 2.82. The molecule has 1 amide bonds. The Morgan fingerprint density at radius 3 is 2.55 bits per heavy atom. The normalized spacial score (nSPS) is 11.4. The largest absolute Gasteiger partial charge is 0.497 e. The Balaban J connectivity index is 2.55. The maximum atomic E-state index is 11.8. The van der Waals surface area contributed by atoms with Crippen LogP contribution in [0.15, 0.2) is 36.9 Å². The Hall–Kier alpha value is -2.30. The van der Waals surface area contributed by atoms with Crippen molar-refractivity contribution in [1.29, 1.82) is 0 Å². The van der Waals surface area contributed by atoms with Crippen LogP contribution in [-0.4, -0.2) is 30.1 Å². The van der Waals surface area contributed by atoms with E-state index in [1.807, 2.05) is 0 Å². The summed E-state index contributed by atoms with van der Waals surface area (Å²) in [7, 11) is 1.57. The standard InChI is InChI=1S/C15H19NO4/c1-3-4-5-13(15(18)19)16-14(17)10-11-6-8-12(20-2)9-7-11/h3,6-9,13H,1,4-5,10H2,2H3,(H,16,17)(H,18,19). The van der Waals surface area contributed by atoms with Crippen LogP contribution in [0.5, 0.6) is 5.75 Å². The van der Waals surface area contributed by atoms with Crippen LogP contribution >= 0.6 is 0 Å². The van der Waals surface area contributed by atoms with Crippen molar-refractivity contribution >= 4 is 11.9 Å². The van der Waals surface area contributed by atoms with Crippen molar-refractivity contribution in [2.45, 2.75) is 25.3 Å². The molecule has 1 rings (SSSR count). The number of carbonyl (C=O) groups is 2. The number of ether oxygens (including phenoxy) is 1. The molecule has 0 bridgehead atoms. The molecular formula is C15H19NO4. The highest BCUT2D eigenvalue weighted by molar-refractivity contribution is 5.84. The van der Waals surface area contributed by atoms with Crippen molar-refractivity contribution in [3.8, 4) is 5.75 Å². The molecule has 1 aromatic rings. The minimum atomic E-state index is -1.03. The number of hydrogen-bond donors (Lipinski definition) is 2. The molecule has 0 aromatic heterocycles. The van der Waals surface area contributed by atoms with Crippen LogP contribution in [0.25, 0.3) is 0 Å². The second-order valence-electron chi connectivity index (χ2n) is 4.35. The fourth-order valence-electron chi connectivity index (χ4n) is 1.72. The van der Waals surface area contributed by atoms with Crippen LogP contribution in [0.1, 0.15) is 18.4 Å². The van der Waals surface area contributed by atoms with Crippen LogP contribution < -0.4 is 10.1 Å². The van der Waals surface area contributed by atoms with Crippen molar-refractivity contribution in [2.24, 2.45) is 0 Å². The molecule has 2 N–H and O–H groups in total. The monoisotopic (exact) mass is 277 g/mol. The number of carboxylic acid groups (broad SMARTS) is 1. The lowest BCUT2D eigenvalue weighted by atomic mass is 10.1. The number of benzene rings is 1. The van der Waals surface area contributed by atoms with Crippen molar-refractivity contribution < 1.29 is 19.4 Å². The number of amides is 1. The highest BCUT2D eigenvalue weighted by Gasteiger charge is 2.18. The van der Waals surface area contributed by atoms with E-state index < -0.39 is 12.0 Å². The van der Waals surface area contributed by atoms with Gasteiger partial charge in [-0.3, -0.25) is 4.79 Å². The van der Waals surface area contributed by atoms with Gasteiger partial charge in [-0.1, -0.05) is 18.2 Å². The molecule has 1 unspecified atom stereocenters. The Kier molecular flexibility index (Phi) is 6.29. The van der Waals surface area contributed by atoms with Crippen LogP contribution in [0, 0.1) is 0 Å². The van der Waals surface area contributed by atoms with Gasteiger partial charge >= 0.3 is 5.97 Å². The van der Waals surface area contributed by atoms with Crippen molar-refractivity contribution in [3.63, 3.8) is 0 Å². The molecule has 0 aliphatic rings. The Morgan fingerprint density at radius 2 is 2.05 bits per heavy atom. The maximum absolute atomic E-state index is 11.8. The fraction of sp³-hybridized carbons (Fsp3) is 0.333. The first-order chi connectivity index (χ1) is 9.56. The van der Waals surface area contributed by atoms with E-state index in [4.69, 9.17) is 9.84 Å². The number of carboxylic acids is 1. The molecule has 0 radical (unpaired) electrons. The van der Waals surface area contributed by atoms with Gasteiger partial charge in [0.05, 0.1) is 13.5 Å². The maximum Gasteiger partial charge on any atom is 0.326 e. The summed E-state index contributed by atoms with van der Waals surface area (Å²) >= 11 is 0. The molecule has 108 valence electrons. The van der Waals surface area contributed by atoms with E-state index in [0.717, 1.165) is 5.56 Å². The molecule has 0 saturated heterocycles. The van der Waals surface area contributed by atoms with Crippen LogP contribution in [0.3, 0.4) is 0 Å². The van der Waals surface area contributed by atoms with E-state index in [1.165, 1.54) is 0 Å². The molecule has 1 aromatic carbocycles. The predicted octanol–water partition coefficient (Wildman–Crippen LogP) is 1.77. The first-order valence-electron chi connectivity index (χ1n) is 6.32. The highest BCUT2D eigenvalue weighted by Crippen LogP contribution is 2.11. The van der Waals surface area contributed by atoms with E-state index in [0.29, 0.717) is 18.6 Å². The lowest BCUT2D eigenvalue weighted by molar-refractivity contribution is -0.141. The minimum absolute atomic E-state index is 0.141. The zero-order chi connectivity index (χ0) is 15.0. The average molecular weight is 277 g/mol. The zero-order valence-corrected chi connectivity index (χ0v) is 11.5. The third kappa shape index (κ3) is 5.14. The van der Waals surface area contributed by atoms with Crippen molar-refractivity contribution in [1.82, 2.24) is 5.32 Å². The molecule has 0 aliphatic heterocycles. The van der Waals surface area contributed by atoms with Gasteiger partial charge in [-0.05, 0) is 30.5 Å².